The standard InChI is InChI=1S/C19H23NO4/c1-13(9-14-7-8-22-11-14)20-17(21)12-23-16-6-4-5-15-10-19(2,3)24-18(15)16/h4-8,11,13H,9-10,12H2,1-3H3,(H,20,21). The van der Waals surface area contributed by atoms with Crippen molar-refractivity contribution in [3.63, 3.8) is 0 Å². The van der Waals surface area contributed by atoms with E-state index in [1.807, 2.05) is 45.0 Å². The van der Waals surface area contributed by atoms with E-state index in [4.69, 9.17) is 13.9 Å². The van der Waals surface area contributed by atoms with Crippen molar-refractivity contribution < 1.29 is 18.7 Å². The van der Waals surface area contributed by atoms with Gasteiger partial charge in [-0.15, -0.1) is 0 Å². The quantitative estimate of drug-likeness (QED) is 0.884. The Morgan fingerprint density at radius 2 is 2.21 bits per heavy atom. The Morgan fingerprint density at radius 1 is 1.38 bits per heavy atom. The van der Waals surface area contributed by atoms with E-state index in [0.717, 1.165) is 29.7 Å². The Kier molecular flexibility index (Phi) is 4.51. The molecule has 24 heavy (non-hydrogen) atoms. The molecule has 1 aromatic heterocycles. The number of carbonyl (C=O) groups excluding carboxylic acids is 1. The summed E-state index contributed by atoms with van der Waals surface area (Å²) in [6.07, 6.45) is 4.88. The third-order valence-corrected chi connectivity index (χ3v) is 3.94. The molecule has 1 aliphatic rings. The van der Waals surface area contributed by atoms with Gasteiger partial charge in [0.25, 0.3) is 5.91 Å². The molecule has 1 aliphatic heterocycles. The Hall–Kier alpha value is -2.43. The summed E-state index contributed by atoms with van der Waals surface area (Å²) in [4.78, 5) is 12.1. The van der Waals surface area contributed by atoms with Crippen LogP contribution in [0.25, 0.3) is 0 Å². The summed E-state index contributed by atoms with van der Waals surface area (Å²) < 4.78 is 16.7. The molecule has 2 heterocycles. The Balaban J connectivity index is 1.53. The fraction of sp³-hybridized carbons (Fsp3) is 0.421. The number of carbonyl (C=O) groups is 1. The molecular formula is C19H23NO4. The first-order valence-corrected chi connectivity index (χ1v) is 8.17. The van der Waals surface area contributed by atoms with Gasteiger partial charge in [-0.25, -0.2) is 0 Å². The van der Waals surface area contributed by atoms with E-state index in [0.29, 0.717) is 5.75 Å². The second kappa shape index (κ2) is 6.59. The van der Waals surface area contributed by atoms with Crippen molar-refractivity contribution >= 4 is 5.91 Å². The second-order valence-electron chi connectivity index (χ2n) is 6.88. The molecular weight excluding hydrogens is 306 g/mol. The van der Waals surface area contributed by atoms with Gasteiger partial charge < -0.3 is 19.2 Å². The number of benzene rings is 1. The van der Waals surface area contributed by atoms with E-state index in [1.165, 1.54) is 0 Å². The molecule has 0 bridgehead atoms. The Morgan fingerprint density at radius 3 is 2.96 bits per heavy atom. The van der Waals surface area contributed by atoms with Gasteiger partial charge in [-0.3, -0.25) is 4.79 Å². The molecule has 128 valence electrons. The lowest BCUT2D eigenvalue weighted by atomic mass is 10.0. The van der Waals surface area contributed by atoms with Crippen molar-refractivity contribution in [2.45, 2.75) is 45.3 Å². The van der Waals surface area contributed by atoms with Gasteiger partial charge >= 0.3 is 0 Å². The number of ether oxygens (including phenoxy) is 2. The molecule has 5 heteroatoms. The maximum atomic E-state index is 12.1. The van der Waals surface area contributed by atoms with Gasteiger partial charge in [-0.1, -0.05) is 12.1 Å². The topological polar surface area (TPSA) is 60.7 Å². The number of hydrogen-bond donors (Lipinski definition) is 1. The number of para-hydroxylation sites is 1. The monoisotopic (exact) mass is 329 g/mol. The normalized spacial score (nSPS) is 16.1. The van der Waals surface area contributed by atoms with Crippen LogP contribution >= 0.6 is 0 Å². The van der Waals surface area contributed by atoms with Gasteiger partial charge in [-0.2, -0.15) is 0 Å². The maximum Gasteiger partial charge on any atom is 0.258 e. The van der Waals surface area contributed by atoms with E-state index in [1.54, 1.807) is 12.5 Å². The number of rotatable bonds is 6. The molecule has 1 amide bonds. The first kappa shape index (κ1) is 16.4. The summed E-state index contributed by atoms with van der Waals surface area (Å²) in [5, 5.41) is 2.93. The summed E-state index contributed by atoms with van der Waals surface area (Å²) in [5.41, 5.74) is 1.94. The zero-order valence-electron chi connectivity index (χ0n) is 14.3. The average molecular weight is 329 g/mol. The van der Waals surface area contributed by atoms with Crippen molar-refractivity contribution in [2.75, 3.05) is 6.61 Å². The maximum absolute atomic E-state index is 12.1. The van der Waals surface area contributed by atoms with Crippen LogP contribution in [-0.4, -0.2) is 24.2 Å². The van der Waals surface area contributed by atoms with Crippen LogP contribution in [-0.2, 0) is 17.6 Å². The largest absolute Gasteiger partial charge is 0.483 e. The van der Waals surface area contributed by atoms with Crippen LogP contribution in [0.5, 0.6) is 11.5 Å². The SMILES string of the molecule is CC(Cc1ccoc1)NC(=O)COc1cccc2c1OC(C)(C)C2. The Bertz CT molecular complexity index is 706. The summed E-state index contributed by atoms with van der Waals surface area (Å²) in [6, 6.07) is 7.70. The number of amides is 1. The molecule has 1 aromatic carbocycles. The number of fused-ring (bicyclic) bond motifs is 1. The van der Waals surface area contributed by atoms with Gasteiger partial charge in [0.1, 0.15) is 5.60 Å². The van der Waals surface area contributed by atoms with Crippen LogP contribution in [0.3, 0.4) is 0 Å². The van der Waals surface area contributed by atoms with Gasteiger partial charge in [0.05, 0.1) is 12.5 Å². The predicted molar refractivity (Wildman–Crippen MR) is 90.4 cm³/mol. The molecule has 1 unspecified atom stereocenters. The van der Waals surface area contributed by atoms with Crippen LogP contribution in [0.2, 0.25) is 0 Å². The van der Waals surface area contributed by atoms with Crippen molar-refractivity contribution in [1.82, 2.24) is 5.32 Å². The van der Waals surface area contributed by atoms with Crippen LogP contribution in [0.15, 0.2) is 41.2 Å². The summed E-state index contributed by atoms with van der Waals surface area (Å²) in [5.74, 6) is 1.22. The van der Waals surface area contributed by atoms with Crippen LogP contribution < -0.4 is 14.8 Å². The fourth-order valence-corrected chi connectivity index (χ4v) is 2.97. The molecule has 3 rings (SSSR count). The number of hydrogen-bond acceptors (Lipinski definition) is 4. The van der Waals surface area contributed by atoms with Crippen molar-refractivity contribution in [3.05, 3.63) is 47.9 Å². The lowest BCUT2D eigenvalue weighted by Gasteiger charge is -2.18. The first-order chi connectivity index (χ1) is 11.4. The van der Waals surface area contributed by atoms with Gasteiger partial charge in [0.15, 0.2) is 18.1 Å². The Labute approximate surface area is 141 Å². The lowest BCUT2D eigenvalue weighted by molar-refractivity contribution is -0.123. The molecule has 0 fully saturated rings. The van der Waals surface area contributed by atoms with Crippen molar-refractivity contribution in [1.29, 1.82) is 0 Å². The predicted octanol–water partition coefficient (Wildman–Crippen LogP) is 3.12. The van der Waals surface area contributed by atoms with Crippen LogP contribution in [0, 0.1) is 0 Å². The molecule has 0 radical (unpaired) electrons. The van der Waals surface area contributed by atoms with Gasteiger partial charge in [0, 0.05) is 18.0 Å². The van der Waals surface area contributed by atoms with E-state index >= 15 is 0 Å². The molecule has 1 N–H and O–H groups in total. The molecule has 2 aromatic rings. The smallest absolute Gasteiger partial charge is 0.258 e. The van der Waals surface area contributed by atoms with Crippen LogP contribution in [0.1, 0.15) is 31.9 Å². The molecule has 1 atom stereocenters. The van der Waals surface area contributed by atoms with E-state index in [-0.39, 0.29) is 24.2 Å². The third kappa shape index (κ3) is 3.91. The molecule has 0 spiro atoms. The number of furan rings is 1. The summed E-state index contributed by atoms with van der Waals surface area (Å²) in [6.45, 7) is 6.01. The summed E-state index contributed by atoms with van der Waals surface area (Å²) >= 11 is 0. The van der Waals surface area contributed by atoms with E-state index in [9.17, 15) is 4.79 Å². The fourth-order valence-electron chi connectivity index (χ4n) is 2.97. The minimum absolute atomic E-state index is 0.00960. The molecule has 5 nitrogen and oxygen atoms in total. The molecule has 0 saturated carbocycles. The second-order valence-corrected chi connectivity index (χ2v) is 6.88. The summed E-state index contributed by atoms with van der Waals surface area (Å²) in [7, 11) is 0. The highest BCUT2D eigenvalue weighted by molar-refractivity contribution is 5.78. The first-order valence-electron chi connectivity index (χ1n) is 8.17. The molecule has 0 saturated heterocycles. The van der Waals surface area contributed by atoms with Crippen molar-refractivity contribution in [2.24, 2.45) is 0 Å². The van der Waals surface area contributed by atoms with Crippen molar-refractivity contribution in [3.8, 4) is 11.5 Å². The highest BCUT2D eigenvalue weighted by Gasteiger charge is 2.32. The molecule has 0 aliphatic carbocycles. The van der Waals surface area contributed by atoms with Gasteiger partial charge in [-0.05, 0) is 44.9 Å². The highest BCUT2D eigenvalue weighted by atomic mass is 16.5. The minimum Gasteiger partial charge on any atom is -0.483 e. The number of nitrogens with one attached hydrogen (secondary N) is 1. The minimum atomic E-state index is -0.233. The van der Waals surface area contributed by atoms with E-state index in [2.05, 4.69) is 5.32 Å². The highest BCUT2D eigenvalue weighted by Crippen LogP contribution is 2.41. The van der Waals surface area contributed by atoms with E-state index < -0.39 is 0 Å². The average Bonchev–Trinajstić information content (AvgIpc) is 3.10. The zero-order valence-corrected chi connectivity index (χ0v) is 14.3. The lowest BCUT2D eigenvalue weighted by Crippen LogP contribution is -2.37. The van der Waals surface area contributed by atoms with Crippen LogP contribution in [0.4, 0.5) is 0 Å². The van der Waals surface area contributed by atoms with Gasteiger partial charge in [0.2, 0.25) is 0 Å². The zero-order chi connectivity index (χ0) is 17.2. The third-order valence-electron chi connectivity index (χ3n) is 3.94.